The molecule has 0 bridgehead atoms. The van der Waals surface area contributed by atoms with Crippen LogP contribution in [0.3, 0.4) is 0 Å². The summed E-state index contributed by atoms with van der Waals surface area (Å²) < 4.78 is -1.62. The average Bonchev–Trinajstić information content (AvgIpc) is 2.13. The fourth-order valence-electron chi connectivity index (χ4n) is 0.881. The van der Waals surface area contributed by atoms with E-state index in [2.05, 4.69) is 13.8 Å². The number of unbranched alkanes of at least 4 members (excludes halogenated alkanes) is 3. The van der Waals surface area contributed by atoms with Gasteiger partial charge in [-0.3, -0.25) is 0 Å². The summed E-state index contributed by atoms with van der Waals surface area (Å²) in [7, 11) is 0. The van der Waals surface area contributed by atoms with Gasteiger partial charge in [-0.1, -0.05) is 78.9 Å². The Hall–Kier alpha value is 1.64. The Bertz CT molecular complexity index is 175. The number of rotatable bonds is 9. The molecule has 0 saturated carbocycles. The lowest BCUT2D eigenvalue weighted by Gasteiger charge is -2.12. The molecule has 0 nitrogen and oxygen atoms in total. The minimum absolute atomic E-state index is 1.14. The summed E-state index contributed by atoms with van der Waals surface area (Å²) in [6, 6.07) is 0. The lowest BCUT2D eigenvalue weighted by molar-refractivity contribution is 0.779. The van der Waals surface area contributed by atoms with Gasteiger partial charge in [-0.15, -0.1) is 0 Å². The van der Waals surface area contributed by atoms with E-state index in [0.717, 1.165) is 11.5 Å². The molecule has 0 spiro atoms. The Kier molecular flexibility index (Phi) is 11.0. The largest absolute Gasteiger partial charge is 0.140 e. The molecule has 0 aromatic heterocycles. The molecule has 0 aromatic carbocycles. The molecule has 5 heteroatoms. The van der Waals surface area contributed by atoms with E-state index in [1.165, 1.54) is 32.1 Å². The lowest BCUT2D eigenvalue weighted by Crippen LogP contribution is -1.78. The molecule has 0 N–H and O–H groups in total. The molecule has 0 radical (unpaired) electrons. The van der Waals surface area contributed by atoms with Crippen molar-refractivity contribution >= 4 is 49.6 Å². The first-order valence-corrected chi connectivity index (χ1v) is 12.1. The summed E-state index contributed by atoms with van der Waals surface area (Å²) in [5.41, 5.74) is 0. The highest BCUT2D eigenvalue weighted by molar-refractivity contribution is 9.06. The minimum atomic E-state index is -1.62. The first-order chi connectivity index (χ1) is 6.62. The molecule has 0 aliphatic carbocycles. The average molecular weight is 291 g/mol. The van der Waals surface area contributed by atoms with Crippen LogP contribution in [-0.2, 0) is 11.8 Å². The highest BCUT2D eigenvalue weighted by Gasteiger charge is 2.13. The minimum Gasteiger partial charge on any atom is -0.0995 e. The lowest BCUT2D eigenvalue weighted by atomic mass is 10.3. The number of halogens is 1. The third kappa shape index (κ3) is 10.2. The second kappa shape index (κ2) is 9.84. The van der Waals surface area contributed by atoms with Crippen molar-refractivity contribution in [2.75, 3.05) is 11.5 Å². The predicted molar refractivity (Wildman–Crippen MR) is 79.5 cm³/mol. The van der Waals surface area contributed by atoms with Gasteiger partial charge < -0.3 is 0 Å². The van der Waals surface area contributed by atoms with Crippen LogP contribution < -0.4 is 0 Å². The van der Waals surface area contributed by atoms with Gasteiger partial charge in [-0.25, -0.2) is 0 Å². The van der Waals surface area contributed by atoms with Crippen molar-refractivity contribution in [2.45, 2.75) is 46.0 Å². The highest BCUT2D eigenvalue weighted by Crippen LogP contribution is 2.73. The van der Waals surface area contributed by atoms with E-state index in [0.29, 0.717) is 0 Å². The SMILES string of the molecule is CCCCCSP(=S)(Cl)SCCCC. The zero-order valence-corrected chi connectivity index (χ0v) is 13.1. The van der Waals surface area contributed by atoms with Crippen molar-refractivity contribution in [1.29, 1.82) is 0 Å². The standard InChI is InChI=1S/C9H20ClPS3/c1-3-5-7-9-14-11(10,12)13-8-6-4-2/h3-9H2,1-2H3. The summed E-state index contributed by atoms with van der Waals surface area (Å²) in [4.78, 5) is 0. The fraction of sp³-hybridized carbons (Fsp3) is 1.00. The molecule has 1 unspecified atom stereocenters. The van der Waals surface area contributed by atoms with Crippen LogP contribution in [0.1, 0.15) is 46.0 Å². The molecular formula is C9H20ClPS3. The maximum absolute atomic E-state index is 6.30. The van der Waals surface area contributed by atoms with Gasteiger partial charge in [-0.2, -0.15) is 0 Å². The van der Waals surface area contributed by atoms with E-state index in [1.807, 2.05) is 22.8 Å². The molecule has 14 heavy (non-hydrogen) atoms. The van der Waals surface area contributed by atoms with Gasteiger partial charge in [0.25, 0.3) is 0 Å². The maximum atomic E-state index is 6.30. The van der Waals surface area contributed by atoms with Gasteiger partial charge in [-0.05, 0) is 18.6 Å². The highest BCUT2D eigenvalue weighted by atomic mass is 35.7. The Labute approximate surface area is 107 Å². The molecule has 1 atom stereocenters. The molecule has 0 aliphatic rings. The van der Waals surface area contributed by atoms with E-state index >= 15 is 0 Å². The van der Waals surface area contributed by atoms with E-state index in [-0.39, 0.29) is 0 Å². The van der Waals surface area contributed by atoms with Gasteiger partial charge in [0, 0.05) is 5.75 Å². The summed E-state index contributed by atoms with van der Waals surface area (Å²) in [6.07, 6.45) is 6.32. The van der Waals surface area contributed by atoms with Crippen LogP contribution in [0.2, 0.25) is 0 Å². The van der Waals surface area contributed by atoms with Crippen molar-refractivity contribution in [3.05, 3.63) is 0 Å². The molecule has 0 heterocycles. The topological polar surface area (TPSA) is 0 Å². The predicted octanol–water partition coefficient (Wildman–Crippen LogP) is 5.91. The normalized spacial score (nSPS) is 15.4. The molecule has 0 aliphatic heterocycles. The van der Waals surface area contributed by atoms with Gasteiger partial charge in [0.1, 0.15) is 3.79 Å². The summed E-state index contributed by atoms with van der Waals surface area (Å²) >= 11 is 15.4. The first-order valence-electron chi connectivity index (χ1n) is 5.21. The van der Waals surface area contributed by atoms with Crippen LogP contribution in [0.25, 0.3) is 0 Å². The Morgan fingerprint density at radius 1 is 1.00 bits per heavy atom. The van der Waals surface area contributed by atoms with Crippen LogP contribution >= 0.6 is 37.8 Å². The molecule has 0 amide bonds. The van der Waals surface area contributed by atoms with Crippen LogP contribution in [0.15, 0.2) is 0 Å². The molecule has 0 aromatic rings. The van der Waals surface area contributed by atoms with Crippen molar-refractivity contribution in [3.63, 3.8) is 0 Å². The Morgan fingerprint density at radius 2 is 1.50 bits per heavy atom. The molecule has 86 valence electrons. The summed E-state index contributed by atoms with van der Waals surface area (Å²) in [6.45, 7) is 4.42. The van der Waals surface area contributed by atoms with Crippen LogP contribution in [0.5, 0.6) is 0 Å². The maximum Gasteiger partial charge on any atom is 0.140 e. The van der Waals surface area contributed by atoms with Crippen molar-refractivity contribution in [1.82, 2.24) is 0 Å². The van der Waals surface area contributed by atoms with E-state index < -0.39 is 3.79 Å². The molecule has 0 saturated heterocycles. The zero-order chi connectivity index (χ0) is 10.9. The first kappa shape index (κ1) is 15.6. The third-order valence-electron chi connectivity index (χ3n) is 1.74. The van der Waals surface area contributed by atoms with Crippen molar-refractivity contribution < 1.29 is 0 Å². The second-order valence-corrected chi connectivity index (χ2v) is 17.2. The second-order valence-electron chi connectivity index (χ2n) is 3.16. The third-order valence-corrected chi connectivity index (χ3v) is 11.8. The van der Waals surface area contributed by atoms with Gasteiger partial charge >= 0.3 is 0 Å². The summed E-state index contributed by atoms with van der Waals surface area (Å²) in [5.74, 6) is 2.28. The monoisotopic (exact) mass is 290 g/mol. The van der Waals surface area contributed by atoms with Crippen molar-refractivity contribution in [2.24, 2.45) is 0 Å². The quantitative estimate of drug-likeness (QED) is 0.383. The van der Waals surface area contributed by atoms with E-state index in [1.54, 1.807) is 0 Å². The van der Waals surface area contributed by atoms with Gasteiger partial charge in [0.15, 0.2) is 0 Å². The van der Waals surface area contributed by atoms with Crippen LogP contribution in [-0.4, -0.2) is 11.5 Å². The van der Waals surface area contributed by atoms with E-state index in [4.69, 9.17) is 23.0 Å². The Balaban J connectivity index is 3.46. The van der Waals surface area contributed by atoms with Crippen molar-refractivity contribution in [3.8, 4) is 0 Å². The van der Waals surface area contributed by atoms with Crippen LogP contribution in [0, 0.1) is 0 Å². The number of hydrogen-bond donors (Lipinski definition) is 0. The summed E-state index contributed by atoms with van der Waals surface area (Å²) in [5, 5.41) is 0. The number of hydrogen-bond acceptors (Lipinski definition) is 3. The van der Waals surface area contributed by atoms with Crippen LogP contribution in [0.4, 0.5) is 0 Å². The molecule has 0 rings (SSSR count). The smallest absolute Gasteiger partial charge is 0.0995 e. The zero-order valence-electron chi connectivity index (χ0n) is 9.00. The molecule has 0 fully saturated rings. The van der Waals surface area contributed by atoms with Gasteiger partial charge in [0.05, 0.1) is 0 Å². The Morgan fingerprint density at radius 3 is 2.00 bits per heavy atom. The van der Waals surface area contributed by atoms with Gasteiger partial charge in [0.2, 0.25) is 0 Å². The van der Waals surface area contributed by atoms with E-state index in [9.17, 15) is 0 Å². The molecular weight excluding hydrogens is 271 g/mol. The fourth-order valence-corrected chi connectivity index (χ4v) is 9.05.